The van der Waals surface area contributed by atoms with Gasteiger partial charge in [-0.25, -0.2) is 9.07 Å². The second-order valence-corrected chi connectivity index (χ2v) is 4.81. The van der Waals surface area contributed by atoms with Gasteiger partial charge in [0.15, 0.2) is 0 Å². The van der Waals surface area contributed by atoms with Crippen molar-refractivity contribution in [1.82, 2.24) is 15.0 Å². The molecule has 2 aromatic rings. The molecule has 0 bridgehead atoms. The maximum Gasteiger partial charge on any atom is 0.303 e. The van der Waals surface area contributed by atoms with Crippen LogP contribution < -0.4 is 0 Å². The Morgan fingerprint density at radius 2 is 2.26 bits per heavy atom. The Kier molecular flexibility index (Phi) is 4.26. The molecule has 0 spiro atoms. The lowest BCUT2D eigenvalue weighted by molar-refractivity contribution is -0.136. The highest BCUT2D eigenvalue weighted by Gasteiger charge is 2.08. The number of halogens is 2. The van der Waals surface area contributed by atoms with E-state index in [0.717, 1.165) is 5.56 Å². The predicted octanol–water partition coefficient (Wildman–Crippen LogP) is 2.25. The zero-order valence-corrected chi connectivity index (χ0v) is 11.5. The highest BCUT2D eigenvalue weighted by atomic mass is 79.9. The summed E-state index contributed by atoms with van der Waals surface area (Å²) in [6, 6.07) is 4.77. The van der Waals surface area contributed by atoms with E-state index in [9.17, 15) is 9.18 Å². The van der Waals surface area contributed by atoms with Crippen molar-refractivity contribution >= 4 is 21.9 Å². The van der Waals surface area contributed by atoms with E-state index in [1.54, 1.807) is 23.0 Å². The summed E-state index contributed by atoms with van der Waals surface area (Å²) in [5.74, 6) is -1.20. The molecule has 0 amide bonds. The van der Waals surface area contributed by atoms with Crippen LogP contribution in [0.1, 0.15) is 17.7 Å². The van der Waals surface area contributed by atoms with E-state index in [-0.39, 0.29) is 12.2 Å². The van der Waals surface area contributed by atoms with Gasteiger partial charge in [-0.05, 0) is 27.6 Å². The minimum Gasteiger partial charge on any atom is -0.481 e. The summed E-state index contributed by atoms with van der Waals surface area (Å²) in [5, 5.41) is 16.3. The molecule has 1 N–H and O–H groups in total. The Labute approximate surface area is 117 Å². The van der Waals surface area contributed by atoms with E-state index in [2.05, 4.69) is 26.2 Å². The first kappa shape index (κ1) is 13.7. The molecule has 0 saturated carbocycles. The molecule has 2 rings (SSSR count). The number of aliphatic carboxylic acids is 1. The van der Waals surface area contributed by atoms with E-state index in [0.29, 0.717) is 23.1 Å². The summed E-state index contributed by atoms with van der Waals surface area (Å²) in [6.07, 6.45) is 2.02. The summed E-state index contributed by atoms with van der Waals surface area (Å²) < 4.78 is 15.3. The van der Waals surface area contributed by atoms with Crippen LogP contribution in [0.15, 0.2) is 28.9 Å². The zero-order valence-electron chi connectivity index (χ0n) is 9.88. The van der Waals surface area contributed by atoms with Crippen LogP contribution in [-0.2, 0) is 17.8 Å². The number of nitrogens with zero attached hydrogens (tertiary/aromatic N) is 3. The molecule has 0 saturated heterocycles. The number of rotatable bonds is 5. The Morgan fingerprint density at radius 1 is 1.47 bits per heavy atom. The third-order valence-electron chi connectivity index (χ3n) is 2.55. The van der Waals surface area contributed by atoms with Gasteiger partial charge in [-0.1, -0.05) is 17.3 Å². The highest BCUT2D eigenvalue weighted by molar-refractivity contribution is 9.10. The van der Waals surface area contributed by atoms with Crippen LogP contribution in [0.2, 0.25) is 0 Å². The second-order valence-electron chi connectivity index (χ2n) is 4.01. The topological polar surface area (TPSA) is 68.0 Å². The van der Waals surface area contributed by atoms with Crippen molar-refractivity contribution in [2.24, 2.45) is 0 Å². The maximum absolute atomic E-state index is 13.3. The summed E-state index contributed by atoms with van der Waals surface area (Å²) in [5.41, 5.74) is 1.35. The molecule has 0 aliphatic heterocycles. The zero-order chi connectivity index (χ0) is 13.8. The number of hydrogen-bond donors (Lipinski definition) is 1. The molecule has 19 heavy (non-hydrogen) atoms. The van der Waals surface area contributed by atoms with Gasteiger partial charge in [-0.2, -0.15) is 0 Å². The molecule has 0 unspecified atom stereocenters. The smallest absolute Gasteiger partial charge is 0.303 e. The average Bonchev–Trinajstić information content (AvgIpc) is 2.80. The lowest BCUT2D eigenvalue weighted by atomic mass is 10.2. The third kappa shape index (κ3) is 3.60. The molecular formula is C12H11BrFN3O2. The minimum absolute atomic E-state index is 0.0162. The molecule has 5 nitrogen and oxygen atoms in total. The van der Waals surface area contributed by atoms with Gasteiger partial charge in [0, 0.05) is 12.6 Å². The van der Waals surface area contributed by atoms with E-state index in [1.165, 1.54) is 6.07 Å². The van der Waals surface area contributed by atoms with Crippen LogP contribution in [0.25, 0.3) is 0 Å². The molecule has 100 valence electrons. The maximum atomic E-state index is 13.3. The van der Waals surface area contributed by atoms with Gasteiger partial charge in [0.1, 0.15) is 5.82 Å². The Hall–Kier alpha value is -1.76. The van der Waals surface area contributed by atoms with E-state index < -0.39 is 5.97 Å². The Bertz CT molecular complexity index is 600. The fourth-order valence-electron chi connectivity index (χ4n) is 1.61. The van der Waals surface area contributed by atoms with Gasteiger partial charge in [0.05, 0.1) is 23.1 Å². The standard InChI is InChI=1S/C12H11BrFN3O2/c13-12-8(2-1-3-10(12)14)6-17-7-9(15-16-17)4-5-11(18)19/h1-3,7H,4-6H2,(H,18,19). The molecule has 0 fully saturated rings. The molecule has 1 aromatic heterocycles. The monoisotopic (exact) mass is 327 g/mol. The Balaban J connectivity index is 2.07. The molecule has 0 aliphatic rings. The highest BCUT2D eigenvalue weighted by Crippen LogP contribution is 2.21. The van der Waals surface area contributed by atoms with Crippen LogP contribution in [0.4, 0.5) is 4.39 Å². The molecular weight excluding hydrogens is 317 g/mol. The quantitative estimate of drug-likeness (QED) is 0.914. The first-order valence-corrected chi connectivity index (χ1v) is 6.39. The van der Waals surface area contributed by atoms with Gasteiger partial charge >= 0.3 is 5.97 Å². The molecule has 1 aromatic carbocycles. The number of aromatic nitrogens is 3. The number of benzene rings is 1. The molecule has 0 aliphatic carbocycles. The van der Waals surface area contributed by atoms with E-state index in [1.807, 2.05) is 0 Å². The average molecular weight is 328 g/mol. The minimum atomic E-state index is -0.873. The van der Waals surface area contributed by atoms with Crippen molar-refractivity contribution in [3.63, 3.8) is 0 Å². The molecule has 1 heterocycles. The van der Waals surface area contributed by atoms with Crippen LogP contribution in [0, 0.1) is 5.82 Å². The summed E-state index contributed by atoms with van der Waals surface area (Å²) in [4.78, 5) is 10.4. The number of aryl methyl sites for hydroxylation is 1. The number of hydrogen-bond acceptors (Lipinski definition) is 3. The van der Waals surface area contributed by atoms with E-state index >= 15 is 0 Å². The third-order valence-corrected chi connectivity index (χ3v) is 3.43. The summed E-state index contributed by atoms with van der Waals surface area (Å²) >= 11 is 3.18. The van der Waals surface area contributed by atoms with Gasteiger partial charge in [0.2, 0.25) is 0 Å². The lowest BCUT2D eigenvalue weighted by Gasteiger charge is -2.04. The number of carboxylic acid groups (broad SMARTS) is 1. The largest absolute Gasteiger partial charge is 0.481 e. The van der Waals surface area contributed by atoms with Crippen LogP contribution in [-0.4, -0.2) is 26.1 Å². The van der Waals surface area contributed by atoms with Gasteiger partial charge < -0.3 is 5.11 Å². The lowest BCUT2D eigenvalue weighted by Crippen LogP contribution is -2.02. The normalized spacial score (nSPS) is 10.6. The SMILES string of the molecule is O=C(O)CCc1cn(Cc2cccc(F)c2Br)nn1. The first-order valence-electron chi connectivity index (χ1n) is 5.60. The van der Waals surface area contributed by atoms with Crippen LogP contribution in [0.3, 0.4) is 0 Å². The number of carbonyl (C=O) groups is 1. The fraction of sp³-hybridized carbons (Fsp3) is 0.250. The van der Waals surface area contributed by atoms with Gasteiger partial charge in [-0.15, -0.1) is 5.10 Å². The van der Waals surface area contributed by atoms with Gasteiger partial charge in [0.25, 0.3) is 0 Å². The number of carboxylic acids is 1. The van der Waals surface area contributed by atoms with Crippen molar-refractivity contribution in [1.29, 1.82) is 0 Å². The first-order chi connectivity index (χ1) is 9.06. The fourth-order valence-corrected chi connectivity index (χ4v) is 2.00. The van der Waals surface area contributed by atoms with Crippen LogP contribution in [0.5, 0.6) is 0 Å². The van der Waals surface area contributed by atoms with Gasteiger partial charge in [-0.3, -0.25) is 4.79 Å². The van der Waals surface area contributed by atoms with Crippen molar-refractivity contribution in [2.75, 3.05) is 0 Å². The van der Waals surface area contributed by atoms with E-state index in [4.69, 9.17) is 5.11 Å². The van der Waals surface area contributed by atoms with Crippen molar-refractivity contribution < 1.29 is 14.3 Å². The predicted molar refractivity (Wildman–Crippen MR) is 69.2 cm³/mol. The Morgan fingerprint density at radius 3 is 3.00 bits per heavy atom. The van der Waals surface area contributed by atoms with Crippen LogP contribution >= 0.6 is 15.9 Å². The van der Waals surface area contributed by atoms with Crippen molar-refractivity contribution in [3.05, 3.63) is 45.9 Å². The van der Waals surface area contributed by atoms with Crippen molar-refractivity contribution in [3.8, 4) is 0 Å². The summed E-state index contributed by atoms with van der Waals surface area (Å²) in [7, 11) is 0. The molecule has 7 heteroatoms. The molecule has 0 atom stereocenters. The van der Waals surface area contributed by atoms with Crippen molar-refractivity contribution in [2.45, 2.75) is 19.4 Å². The second kappa shape index (κ2) is 5.92. The molecule has 0 radical (unpaired) electrons. The summed E-state index contributed by atoms with van der Waals surface area (Å²) in [6.45, 7) is 0.373.